The fourth-order valence-electron chi connectivity index (χ4n) is 3.47. The number of pyridine rings is 2. The van der Waals surface area contributed by atoms with Crippen molar-refractivity contribution in [3.8, 4) is 11.1 Å². The Kier molecular flexibility index (Phi) is 5.95. The number of rotatable bonds is 5. The van der Waals surface area contributed by atoms with E-state index in [-0.39, 0.29) is 22.3 Å². The van der Waals surface area contributed by atoms with Crippen LogP contribution in [0.25, 0.3) is 28.2 Å². The second-order valence-corrected chi connectivity index (χ2v) is 7.16. The molecule has 0 fully saturated rings. The van der Waals surface area contributed by atoms with E-state index in [0.717, 1.165) is 6.07 Å². The van der Waals surface area contributed by atoms with Crippen molar-refractivity contribution in [2.45, 2.75) is 0 Å². The van der Waals surface area contributed by atoms with Crippen molar-refractivity contribution in [3.05, 3.63) is 83.5 Å². The van der Waals surface area contributed by atoms with E-state index < -0.39 is 17.4 Å². The predicted molar refractivity (Wildman–Crippen MR) is 132 cm³/mol. The molecule has 2 aromatic carbocycles. The molecule has 0 saturated heterocycles. The fourth-order valence-corrected chi connectivity index (χ4v) is 3.47. The summed E-state index contributed by atoms with van der Waals surface area (Å²) >= 11 is 0. The molecule has 4 aromatic rings. The van der Waals surface area contributed by atoms with E-state index in [4.69, 9.17) is 7.85 Å². The van der Waals surface area contributed by atoms with E-state index in [2.05, 4.69) is 27.5 Å². The van der Waals surface area contributed by atoms with Gasteiger partial charge in [0.15, 0.2) is 0 Å². The number of urea groups is 1. The van der Waals surface area contributed by atoms with Gasteiger partial charge in [-0.05, 0) is 35.9 Å². The molecule has 9 heteroatoms. The van der Waals surface area contributed by atoms with Crippen molar-refractivity contribution in [1.82, 2.24) is 9.55 Å². The molecule has 0 bridgehead atoms. The normalized spacial score (nSPS) is 10.6. The summed E-state index contributed by atoms with van der Waals surface area (Å²) < 4.78 is 16.0. The van der Waals surface area contributed by atoms with Crippen LogP contribution < -0.4 is 27.0 Å². The average Bonchev–Trinajstić information content (AvgIpc) is 2.81. The number of aromatic nitrogens is 2. The van der Waals surface area contributed by atoms with Gasteiger partial charge in [-0.15, -0.1) is 0 Å². The molecule has 2 radical (unpaired) electrons. The lowest BCUT2D eigenvalue weighted by Crippen LogP contribution is -2.23. The van der Waals surface area contributed by atoms with Crippen LogP contribution in [0, 0.1) is 5.82 Å². The van der Waals surface area contributed by atoms with Crippen LogP contribution in [0.3, 0.4) is 0 Å². The van der Waals surface area contributed by atoms with E-state index in [1.54, 1.807) is 49.6 Å². The first-order valence-electron chi connectivity index (χ1n) is 9.99. The third-order valence-corrected chi connectivity index (χ3v) is 5.07. The number of carbonyl (C=O) groups excluding carboxylic acids is 1. The molecule has 2 heterocycles. The number of amides is 2. The Balaban J connectivity index is 1.78. The largest absolute Gasteiger partial charge is 0.373 e. The summed E-state index contributed by atoms with van der Waals surface area (Å²) in [5, 5.41) is 8.66. The molecule has 33 heavy (non-hydrogen) atoms. The standard InChI is InChI=1S/C24H19BFN5O2/c1-3-31-21-12-22(27-2)28-13-14(21)9-17(23(31)32)16-10-20(19(26)11-18(16)25)30-24(33)29-15-7-5-4-6-8-15/h3-13H,1H2,2H3,(H,27,28)(H2,29,30,33). The van der Waals surface area contributed by atoms with Gasteiger partial charge in [0.1, 0.15) is 19.5 Å². The summed E-state index contributed by atoms with van der Waals surface area (Å²) in [6.45, 7) is 3.73. The summed E-state index contributed by atoms with van der Waals surface area (Å²) in [5.41, 5.74) is 1.15. The molecule has 0 aliphatic carbocycles. The van der Waals surface area contributed by atoms with Crippen molar-refractivity contribution < 1.29 is 9.18 Å². The van der Waals surface area contributed by atoms with Crippen LogP contribution in [-0.4, -0.2) is 30.5 Å². The fraction of sp³-hybridized carbons (Fsp3) is 0.0417. The highest BCUT2D eigenvalue weighted by molar-refractivity contribution is 6.36. The maximum Gasteiger partial charge on any atom is 0.323 e. The van der Waals surface area contributed by atoms with Gasteiger partial charge < -0.3 is 16.0 Å². The molecule has 0 spiro atoms. The molecular formula is C24H19BFN5O2. The smallest absolute Gasteiger partial charge is 0.323 e. The minimum atomic E-state index is -0.732. The van der Waals surface area contributed by atoms with Gasteiger partial charge in [-0.1, -0.05) is 30.2 Å². The molecule has 2 amide bonds. The zero-order valence-electron chi connectivity index (χ0n) is 17.7. The summed E-state index contributed by atoms with van der Waals surface area (Å²) in [7, 11) is 7.78. The van der Waals surface area contributed by atoms with E-state index in [1.807, 2.05) is 6.07 Å². The zero-order valence-corrected chi connectivity index (χ0v) is 17.7. The predicted octanol–water partition coefficient (Wildman–Crippen LogP) is 3.78. The van der Waals surface area contributed by atoms with Crippen LogP contribution in [0.5, 0.6) is 0 Å². The molecule has 0 aliphatic heterocycles. The Morgan fingerprint density at radius 3 is 2.58 bits per heavy atom. The molecule has 0 saturated carbocycles. The van der Waals surface area contributed by atoms with Crippen molar-refractivity contribution >= 4 is 53.6 Å². The topological polar surface area (TPSA) is 88.0 Å². The van der Waals surface area contributed by atoms with Gasteiger partial charge in [-0.3, -0.25) is 9.36 Å². The lowest BCUT2D eigenvalue weighted by atomic mass is 9.86. The number of anilines is 3. The SMILES string of the molecule is [B]c1cc(F)c(NC(=O)Nc2ccccc2)cc1-c1cc2cnc(NC)cc2n(C=C)c1=O. The van der Waals surface area contributed by atoms with Crippen LogP contribution in [0.1, 0.15) is 0 Å². The first-order valence-corrected chi connectivity index (χ1v) is 9.99. The van der Waals surface area contributed by atoms with Gasteiger partial charge in [0, 0.05) is 42.1 Å². The van der Waals surface area contributed by atoms with Gasteiger partial charge in [0.25, 0.3) is 5.56 Å². The second kappa shape index (κ2) is 9.00. The monoisotopic (exact) mass is 439 g/mol. The van der Waals surface area contributed by atoms with E-state index in [9.17, 15) is 14.0 Å². The number of benzene rings is 2. The number of nitrogens with zero attached hydrogens (tertiary/aromatic N) is 2. The first-order chi connectivity index (χ1) is 15.9. The van der Waals surface area contributed by atoms with Crippen LogP contribution >= 0.6 is 0 Å². The zero-order chi connectivity index (χ0) is 23.5. The lowest BCUT2D eigenvalue weighted by molar-refractivity contribution is 0.262. The van der Waals surface area contributed by atoms with Gasteiger partial charge in [0.2, 0.25) is 0 Å². The summed E-state index contributed by atoms with van der Waals surface area (Å²) in [6.07, 6.45) is 3.00. The van der Waals surface area contributed by atoms with Crippen molar-refractivity contribution in [1.29, 1.82) is 0 Å². The summed E-state index contributed by atoms with van der Waals surface area (Å²) in [4.78, 5) is 29.9. The number of hydrogen-bond acceptors (Lipinski definition) is 4. The van der Waals surface area contributed by atoms with Crippen LogP contribution in [-0.2, 0) is 0 Å². The summed E-state index contributed by atoms with van der Waals surface area (Å²) in [6, 6.07) is 13.8. The number of fused-ring (bicyclic) bond motifs is 1. The third-order valence-electron chi connectivity index (χ3n) is 5.07. The van der Waals surface area contributed by atoms with Gasteiger partial charge in [0.05, 0.1) is 11.2 Å². The van der Waals surface area contributed by atoms with Crippen LogP contribution in [0.2, 0.25) is 0 Å². The van der Waals surface area contributed by atoms with Crippen molar-refractivity contribution in [2.75, 3.05) is 23.0 Å². The minimum Gasteiger partial charge on any atom is -0.373 e. The highest BCUT2D eigenvalue weighted by Crippen LogP contribution is 2.25. The Hall–Kier alpha value is -4.40. The average molecular weight is 439 g/mol. The Morgan fingerprint density at radius 1 is 1.12 bits per heavy atom. The molecular weight excluding hydrogens is 420 g/mol. The molecule has 162 valence electrons. The van der Waals surface area contributed by atoms with E-state index in [0.29, 0.717) is 22.4 Å². The number of nitrogens with one attached hydrogen (secondary N) is 3. The maximum absolute atomic E-state index is 14.6. The van der Waals surface area contributed by atoms with Gasteiger partial charge in [-0.25, -0.2) is 14.2 Å². The highest BCUT2D eigenvalue weighted by atomic mass is 19.1. The molecule has 0 atom stereocenters. The van der Waals surface area contributed by atoms with Gasteiger partial charge in [-0.2, -0.15) is 0 Å². The highest BCUT2D eigenvalue weighted by Gasteiger charge is 2.16. The van der Waals surface area contributed by atoms with Crippen molar-refractivity contribution in [2.24, 2.45) is 0 Å². The number of hydrogen-bond donors (Lipinski definition) is 3. The lowest BCUT2D eigenvalue weighted by Gasteiger charge is -2.15. The first kappa shape index (κ1) is 21.8. The Morgan fingerprint density at radius 2 is 1.88 bits per heavy atom. The van der Waals surface area contributed by atoms with E-state index in [1.165, 1.54) is 16.8 Å². The Labute approximate surface area is 190 Å². The molecule has 0 aliphatic rings. The third kappa shape index (κ3) is 4.34. The minimum absolute atomic E-state index is 0.0494. The molecule has 7 nitrogen and oxygen atoms in total. The number of para-hydroxylation sites is 1. The van der Waals surface area contributed by atoms with E-state index >= 15 is 0 Å². The molecule has 0 unspecified atom stereocenters. The molecule has 2 aromatic heterocycles. The van der Waals surface area contributed by atoms with Crippen LogP contribution in [0.4, 0.5) is 26.4 Å². The molecule has 3 N–H and O–H groups in total. The number of halogens is 1. The van der Waals surface area contributed by atoms with Crippen molar-refractivity contribution in [3.63, 3.8) is 0 Å². The van der Waals surface area contributed by atoms with Gasteiger partial charge >= 0.3 is 6.03 Å². The quantitative estimate of drug-likeness (QED) is 0.413. The Bertz CT molecular complexity index is 1440. The second-order valence-electron chi connectivity index (χ2n) is 7.16. The maximum atomic E-state index is 14.6. The summed E-state index contributed by atoms with van der Waals surface area (Å²) in [5.74, 6) is -0.146. The van der Waals surface area contributed by atoms with Crippen LogP contribution in [0.15, 0.2) is 72.2 Å². The molecule has 4 rings (SSSR count). The number of carbonyl (C=O) groups is 1.